The molecule has 2 rings (SSSR count). The third-order valence-electron chi connectivity index (χ3n) is 1.89. The molecule has 1 unspecified atom stereocenters. The molecule has 1 atom stereocenters. The molecule has 0 aliphatic carbocycles. The Morgan fingerprint density at radius 3 is 3.00 bits per heavy atom. The molecule has 0 saturated heterocycles. The van der Waals surface area contributed by atoms with Crippen LogP contribution in [0.1, 0.15) is 22.2 Å². The lowest BCUT2D eigenvalue weighted by atomic mass is 10.1. The van der Waals surface area contributed by atoms with E-state index in [1.807, 2.05) is 18.4 Å². The van der Waals surface area contributed by atoms with Crippen LogP contribution in [0.25, 0.3) is 0 Å². The van der Waals surface area contributed by atoms with E-state index in [-0.39, 0.29) is 0 Å². The highest BCUT2D eigenvalue weighted by Crippen LogP contribution is 2.24. The Balaban J connectivity index is 2.06. The highest BCUT2D eigenvalue weighted by molar-refractivity contribution is 7.10. The molecule has 14 heavy (non-hydrogen) atoms. The first-order valence-corrected chi connectivity index (χ1v) is 5.86. The van der Waals surface area contributed by atoms with E-state index in [0.29, 0.717) is 6.42 Å². The number of rotatable bonds is 3. The van der Waals surface area contributed by atoms with Gasteiger partial charge in [0.05, 0.1) is 29.7 Å². The van der Waals surface area contributed by atoms with Gasteiger partial charge in [-0.2, -0.15) is 8.75 Å². The predicted octanol–water partition coefficient (Wildman–Crippen LogP) is 2.18. The van der Waals surface area contributed by atoms with Gasteiger partial charge >= 0.3 is 0 Å². The van der Waals surface area contributed by atoms with Crippen molar-refractivity contribution in [3.63, 3.8) is 0 Å². The van der Waals surface area contributed by atoms with Crippen LogP contribution in [0, 0.1) is 6.92 Å². The molecule has 0 aliphatic heterocycles. The molecular formula is C9H10N2OS2. The van der Waals surface area contributed by atoms with Crippen LogP contribution < -0.4 is 0 Å². The number of aromatic nitrogens is 2. The fourth-order valence-corrected chi connectivity index (χ4v) is 2.53. The first kappa shape index (κ1) is 9.76. The standard InChI is InChI=1S/C9H10N2OS2/c1-6-2-9(13-5-6)8(12)3-7-4-10-14-11-7/h2,4-5,8,12H,3H2,1H3. The Bertz CT molecular complexity index is 397. The number of aliphatic hydroxyl groups excluding tert-OH is 1. The first-order valence-electron chi connectivity index (χ1n) is 4.25. The van der Waals surface area contributed by atoms with Gasteiger partial charge in [-0.05, 0) is 23.9 Å². The largest absolute Gasteiger partial charge is 0.387 e. The van der Waals surface area contributed by atoms with Gasteiger partial charge in [0.1, 0.15) is 0 Å². The second-order valence-corrected chi connectivity index (χ2v) is 4.64. The van der Waals surface area contributed by atoms with Gasteiger partial charge in [0, 0.05) is 11.3 Å². The third kappa shape index (κ3) is 2.17. The Labute approximate surface area is 90.4 Å². The maximum atomic E-state index is 9.85. The zero-order valence-electron chi connectivity index (χ0n) is 7.67. The van der Waals surface area contributed by atoms with Gasteiger partial charge in [0.15, 0.2) is 0 Å². The Hall–Kier alpha value is -0.780. The molecule has 5 heteroatoms. The van der Waals surface area contributed by atoms with Gasteiger partial charge in [-0.3, -0.25) is 0 Å². The monoisotopic (exact) mass is 226 g/mol. The topological polar surface area (TPSA) is 46.0 Å². The van der Waals surface area contributed by atoms with Crippen LogP contribution >= 0.6 is 23.1 Å². The molecule has 2 heterocycles. The van der Waals surface area contributed by atoms with Crippen molar-refractivity contribution in [1.29, 1.82) is 0 Å². The van der Waals surface area contributed by atoms with Crippen LogP contribution in [0.15, 0.2) is 17.6 Å². The fourth-order valence-electron chi connectivity index (χ4n) is 1.20. The van der Waals surface area contributed by atoms with E-state index in [4.69, 9.17) is 0 Å². The summed E-state index contributed by atoms with van der Waals surface area (Å²) >= 11 is 2.76. The molecule has 0 aromatic carbocycles. The molecule has 74 valence electrons. The molecule has 2 aromatic rings. The molecule has 3 nitrogen and oxygen atoms in total. The van der Waals surface area contributed by atoms with E-state index in [9.17, 15) is 5.11 Å². The lowest BCUT2D eigenvalue weighted by Gasteiger charge is -2.04. The quantitative estimate of drug-likeness (QED) is 0.872. The number of hydrogen-bond acceptors (Lipinski definition) is 5. The number of hydrogen-bond donors (Lipinski definition) is 1. The SMILES string of the molecule is Cc1csc(C(O)Cc2cnsn2)c1. The van der Waals surface area contributed by atoms with Crippen molar-refractivity contribution in [3.8, 4) is 0 Å². The minimum absolute atomic E-state index is 0.447. The van der Waals surface area contributed by atoms with E-state index in [0.717, 1.165) is 10.6 Å². The molecule has 0 fully saturated rings. The highest BCUT2D eigenvalue weighted by atomic mass is 32.1. The average molecular weight is 226 g/mol. The van der Waals surface area contributed by atoms with Crippen LogP contribution in [0.2, 0.25) is 0 Å². The van der Waals surface area contributed by atoms with Crippen LogP contribution in [0.5, 0.6) is 0 Å². The third-order valence-corrected chi connectivity index (χ3v) is 3.56. The number of aliphatic hydroxyl groups is 1. The van der Waals surface area contributed by atoms with Crippen LogP contribution in [-0.2, 0) is 6.42 Å². The van der Waals surface area contributed by atoms with Gasteiger partial charge in [0.25, 0.3) is 0 Å². The first-order chi connectivity index (χ1) is 6.75. The summed E-state index contributed by atoms with van der Waals surface area (Å²) in [6, 6.07) is 2.01. The summed E-state index contributed by atoms with van der Waals surface area (Å²) in [6.45, 7) is 2.02. The molecule has 0 amide bonds. The molecule has 2 aromatic heterocycles. The predicted molar refractivity (Wildman–Crippen MR) is 57.6 cm³/mol. The van der Waals surface area contributed by atoms with E-state index < -0.39 is 6.10 Å². The summed E-state index contributed by atoms with van der Waals surface area (Å²) in [7, 11) is 0. The van der Waals surface area contributed by atoms with Gasteiger partial charge in [0.2, 0.25) is 0 Å². The zero-order chi connectivity index (χ0) is 9.97. The number of nitrogens with zero attached hydrogens (tertiary/aromatic N) is 2. The van der Waals surface area contributed by atoms with Gasteiger partial charge < -0.3 is 5.11 Å². The van der Waals surface area contributed by atoms with Crippen molar-refractivity contribution in [3.05, 3.63) is 33.8 Å². The van der Waals surface area contributed by atoms with E-state index >= 15 is 0 Å². The maximum absolute atomic E-state index is 9.85. The lowest BCUT2D eigenvalue weighted by molar-refractivity contribution is 0.181. The van der Waals surface area contributed by atoms with Crippen molar-refractivity contribution in [1.82, 2.24) is 8.75 Å². The number of thiophene rings is 1. The fraction of sp³-hybridized carbons (Fsp3) is 0.333. The molecule has 0 saturated carbocycles. The smallest absolute Gasteiger partial charge is 0.0938 e. The lowest BCUT2D eigenvalue weighted by Crippen LogP contribution is -1.99. The Morgan fingerprint density at radius 2 is 2.43 bits per heavy atom. The summed E-state index contributed by atoms with van der Waals surface area (Å²) < 4.78 is 7.96. The van der Waals surface area contributed by atoms with Crippen molar-refractivity contribution in [2.45, 2.75) is 19.4 Å². The molecule has 0 radical (unpaired) electrons. The molecule has 0 aliphatic rings. The summed E-state index contributed by atoms with van der Waals surface area (Å²) in [6.07, 6.45) is 1.81. The second-order valence-electron chi connectivity index (χ2n) is 3.15. The molecular weight excluding hydrogens is 216 g/mol. The maximum Gasteiger partial charge on any atom is 0.0938 e. The normalized spacial score (nSPS) is 13.0. The summed E-state index contributed by atoms with van der Waals surface area (Å²) in [5.74, 6) is 0. The van der Waals surface area contributed by atoms with Crippen LogP contribution in [-0.4, -0.2) is 13.9 Å². The minimum Gasteiger partial charge on any atom is -0.387 e. The molecule has 0 spiro atoms. The van der Waals surface area contributed by atoms with Crippen molar-refractivity contribution in [2.75, 3.05) is 0 Å². The highest BCUT2D eigenvalue weighted by Gasteiger charge is 2.11. The summed E-state index contributed by atoms with van der Waals surface area (Å²) in [5.41, 5.74) is 2.05. The van der Waals surface area contributed by atoms with E-state index in [1.54, 1.807) is 17.5 Å². The van der Waals surface area contributed by atoms with E-state index in [1.165, 1.54) is 17.3 Å². The van der Waals surface area contributed by atoms with Gasteiger partial charge in [-0.15, -0.1) is 11.3 Å². The summed E-state index contributed by atoms with van der Waals surface area (Å²) in [4.78, 5) is 0.996. The Morgan fingerprint density at radius 1 is 1.57 bits per heavy atom. The molecule has 0 bridgehead atoms. The summed E-state index contributed by atoms with van der Waals surface area (Å²) in [5, 5.41) is 11.9. The molecule has 1 N–H and O–H groups in total. The van der Waals surface area contributed by atoms with Crippen molar-refractivity contribution < 1.29 is 5.11 Å². The van der Waals surface area contributed by atoms with Gasteiger partial charge in [-0.1, -0.05) is 0 Å². The minimum atomic E-state index is -0.447. The van der Waals surface area contributed by atoms with E-state index in [2.05, 4.69) is 8.75 Å². The average Bonchev–Trinajstić information content (AvgIpc) is 2.75. The van der Waals surface area contributed by atoms with Crippen molar-refractivity contribution >= 4 is 23.1 Å². The van der Waals surface area contributed by atoms with Gasteiger partial charge in [-0.25, -0.2) is 0 Å². The zero-order valence-corrected chi connectivity index (χ0v) is 9.31. The van der Waals surface area contributed by atoms with Crippen LogP contribution in [0.3, 0.4) is 0 Å². The van der Waals surface area contributed by atoms with Crippen LogP contribution in [0.4, 0.5) is 0 Å². The Kier molecular flexibility index (Phi) is 2.90. The van der Waals surface area contributed by atoms with Crippen molar-refractivity contribution in [2.24, 2.45) is 0 Å². The second kappa shape index (κ2) is 4.16. The number of aryl methyl sites for hydroxylation is 1.